The molecule has 3 aromatic rings. The van der Waals surface area contributed by atoms with Crippen molar-refractivity contribution in [2.24, 2.45) is 5.73 Å². The number of pyridine rings is 1. The number of aromatic nitrogens is 1. The van der Waals surface area contributed by atoms with E-state index in [0.29, 0.717) is 16.5 Å². The Bertz CT molecular complexity index is 1200. The zero-order chi connectivity index (χ0) is 21.9. The van der Waals surface area contributed by atoms with Crippen molar-refractivity contribution in [3.05, 3.63) is 65.6 Å². The molecule has 0 aliphatic rings. The van der Waals surface area contributed by atoms with Crippen molar-refractivity contribution in [1.82, 2.24) is 9.71 Å². The summed E-state index contributed by atoms with van der Waals surface area (Å²) in [5.41, 5.74) is 7.32. The molecule has 1 heterocycles. The Morgan fingerprint density at radius 1 is 1.23 bits per heavy atom. The number of amides is 1. The first kappa shape index (κ1) is 21.8. The second-order valence-electron chi connectivity index (χ2n) is 7.13. The molecule has 0 aliphatic carbocycles. The fourth-order valence-electron chi connectivity index (χ4n) is 3.11. The highest BCUT2D eigenvalue weighted by atomic mass is 32.2. The van der Waals surface area contributed by atoms with Gasteiger partial charge >= 0.3 is 0 Å². The van der Waals surface area contributed by atoms with Gasteiger partial charge in [0.15, 0.2) is 0 Å². The van der Waals surface area contributed by atoms with Gasteiger partial charge in [-0.2, -0.15) is 0 Å². The van der Waals surface area contributed by atoms with E-state index in [0.717, 1.165) is 5.56 Å². The fraction of sp³-hybridized carbons (Fsp3) is 0.238. The third-order valence-electron chi connectivity index (χ3n) is 4.50. The summed E-state index contributed by atoms with van der Waals surface area (Å²) in [5, 5.41) is 3.27. The molecule has 1 atom stereocenters. The number of nitrogens with one attached hydrogen (secondary N) is 2. The van der Waals surface area contributed by atoms with Crippen LogP contribution in [0.1, 0.15) is 24.5 Å². The molecule has 9 heteroatoms. The number of halogens is 1. The lowest BCUT2D eigenvalue weighted by atomic mass is 10.2. The maximum absolute atomic E-state index is 13.8. The largest absolute Gasteiger partial charge is 0.326 e. The Labute approximate surface area is 174 Å². The lowest BCUT2D eigenvalue weighted by Gasteiger charge is -2.15. The lowest BCUT2D eigenvalue weighted by Crippen LogP contribution is -2.35. The van der Waals surface area contributed by atoms with Crippen LogP contribution in [0.4, 0.5) is 10.1 Å². The summed E-state index contributed by atoms with van der Waals surface area (Å²) in [6.07, 6.45) is 1.48. The van der Waals surface area contributed by atoms with Crippen LogP contribution in [0.25, 0.3) is 10.9 Å². The Morgan fingerprint density at radius 2 is 2.00 bits per heavy atom. The molecule has 0 aliphatic heterocycles. The number of sulfonamides is 1. The first-order chi connectivity index (χ1) is 14.2. The molecular weight excluding hydrogens is 407 g/mol. The minimum atomic E-state index is -3.90. The normalized spacial score (nSPS) is 12.7. The van der Waals surface area contributed by atoms with Crippen LogP contribution in [0.2, 0.25) is 0 Å². The highest BCUT2D eigenvalue weighted by Gasteiger charge is 2.22. The summed E-state index contributed by atoms with van der Waals surface area (Å²) < 4.78 is 42.0. The molecule has 4 N–H and O–H groups in total. The maximum atomic E-state index is 13.8. The molecule has 0 saturated heterocycles. The summed E-state index contributed by atoms with van der Waals surface area (Å²) in [5.74, 6) is -0.959. The molecule has 0 radical (unpaired) electrons. The number of carbonyl (C=O) groups is 1. The van der Waals surface area contributed by atoms with Gasteiger partial charge in [-0.05, 0) is 43.7 Å². The highest BCUT2D eigenvalue weighted by molar-refractivity contribution is 7.89. The van der Waals surface area contributed by atoms with Gasteiger partial charge in [0.1, 0.15) is 10.7 Å². The van der Waals surface area contributed by atoms with Gasteiger partial charge in [0, 0.05) is 41.8 Å². The summed E-state index contributed by atoms with van der Waals surface area (Å²) in [6.45, 7) is 3.52. The Morgan fingerprint density at radius 3 is 2.70 bits per heavy atom. The van der Waals surface area contributed by atoms with Crippen LogP contribution in [0.15, 0.2) is 53.6 Å². The van der Waals surface area contributed by atoms with Crippen LogP contribution in [-0.4, -0.2) is 25.4 Å². The first-order valence-electron chi connectivity index (χ1n) is 9.35. The van der Waals surface area contributed by atoms with Gasteiger partial charge in [0.25, 0.3) is 0 Å². The minimum Gasteiger partial charge on any atom is -0.326 e. The smallest absolute Gasteiger partial charge is 0.242 e. The molecule has 7 nitrogen and oxygen atoms in total. The fourth-order valence-corrected chi connectivity index (χ4v) is 4.53. The molecule has 0 fully saturated rings. The number of fused-ring (bicyclic) bond motifs is 1. The number of hydrogen-bond donors (Lipinski definition) is 3. The van der Waals surface area contributed by atoms with Crippen LogP contribution < -0.4 is 15.8 Å². The summed E-state index contributed by atoms with van der Waals surface area (Å²) in [7, 11) is -3.90. The number of carbonyl (C=O) groups excluding carboxylic acids is 1. The van der Waals surface area contributed by atoms with Gasteiger partial charge in [-0.3, -0.25) is 9.78 Å². The molecule has 1 amide bonds. The zero-order valence-electron chi connectivity index (χ0n) is 16.6. The van der Waals surface area contributed by atoms with Crippen molar-refractivity contribution in [3.8, 4) is 0 Å². The average molecular weight is 431 g/mol. The van der Waals surface area contributed by atoms with Crippen molar-refractivity contribution in [2.75, 3.05) is 5.32 Å². The molecule has 0 saturated carbocycles. The van der Waals surface area contributed by atoms with E-state index in [1.54, 1.807) is 31.3 Å². The summed E-state index contributed by atoms with van der Waals surface area (Å²) in [4.78, 5) is 16.6. The quantitative estimate of drug-likeness (QED) is 0.533. The number of para-hydroxylation sites is 1. The van der Waals surface area contributed by atoms with Gasteiger partial charge < -0.3 is 11.1 Å². The summed E-state index contributed by atoms with van der Waals surface area (Å²) in [6, 6.07) is 10.3. The molecule has 30 heavy (non-hydrogen) atoms. The van der Waals surface area contributed by atoms with E-state index in [1.807, 2.05) is 13.0 Å². The van der Waals surface area contributed by atoms with Crippen LogP contribution in [0, 0.1) is 12.7 Å². The van der Waals surface area contributed by atoms with Gasteiger partial charge in [-0.1, -0.05) is 18.2 Å². The van der Waals surface area contributed by atoms with Crippen LogP contribution >= 0.6 is 0 Å². The van der Waals surface area contributed by atoms with Gasteiger partial charge in [-0.25, -0.2) is 17.5 Å². The van der Waals surface area contributed by atoms with E-state index < -0.39 is 27.8 Å². The SMILES string of the molecule is Cc1cnc2c(S(=O)(=O)NC(C)CC(=O)Nc3ccc(CN)c(F)c3)cccc2c1. The number of benzene rings is 2. The van der Waals surface area contributed by atoms with E-state index in [9.17, 15) is 17.6 Å². The van der Waals surface area contributed by atoms with E-state index in [1.165, 1.54) is 18.2 Å². The second kappa shape index (κ2) is 8.86. The molecule has 2 aromatic carbocycles. The van der Waals surface area contributed by atoms with Crippen LogP contribution in [0.3, 0.4) is 0 Å². The van der Waals surface area contributed by atoms with E-state index in [-0.39, 0.29) is 23.5 Å². The molecule has 3 rings (SSSR count). The predicted molar refractivity (Wildman–Crippen MR) is 114 cm³/mol. The van der Waals surface area contributed by atoms with Gasteiger partial charge in [0.05, 0.1) is 5.52 Å². The standard InChI is InChI=1S/C21H23FN4O3S/c1-13-8-15-4-3-5-19(21(15)24-12-13)30(28,29)26-14(2)9-20(27)25-17-7-6-16(11-23)18(22)10-17/h3-8,10,12,14,26H,9,11,23H2,1-2H3,(H,25,27). The lowest BCUT2D eigenvalue weighted by molar-refractivity contribution is -0.116. The Hall–Kier alpha value is -2.88. The highest BCUT2D eigenvalue weighted by Crippen LogP contribution is 2.22. The second-order valence-corrected chi connectivity index (χ2v) is 8.81. The Balaban J connectivity index is 1.70. The van der Waals surface area contributed by atoms with E-state index in [2.05, 4.69) is 15.0 Å². The first-order valence-corrected chi connectivity index (χ1v) is 10.8. The minimum absolute atomic E-state index is 0.0479. The van der Waals surface area contributed by atoms with Crippen LogP contribution in [0.5, 0.6) is 0 Å². The van der Waals surface area contributed by atoms with Crippen LogP contribution in [-0.2, 0) is 21.4 Å². The number of anilines is 1. The number of nitrogens with two attached hydrogens (primary N) is 1. The predicted octanol–water partition coefficient (Wildman–Crippen LogP) is 2.84. The zero-order valence-corrected chi connectivity index (χ0v) is 17.5. The number of rotatable bonds is 7. The topological polar surface area (TPSA) is 114 Å². The monoisotopic (exact) mass is 430 g/mol. The molecule has 0 bridgehead atoms. The molecule has 1 unspecified atom stereocenters. The van der Waals surface area contributed by atoms with Crippen molar-refractivity contribution < 1.29 is 17.6 Å². The van der Waals surface area contributed by atoms with Gasteiger partial charge in [0.2, 0.25) is 15.9 Å². The average Bonchev–Trinajstić information content (AvgIpc) is 2.66. The number of aryl methyl sites for hydroxylation is 1. The molecule has 158 valence electrons. The van der Waals surface area contributed by atoms with Crippen molar-refractivity contribution >= 4 is 32.5 Å². The van der Waals surface area contributed by atoms with Crippen molar-refractivity contribution in [1.29, 1.82) is 0 Å². The van der Waals surface area contributed by atoms with E-state index in [4.69, 9.17) is 5.73 Å². The Kier molecular flexibility index (Phi) is 6.45. The molecule has 1 aromatic heterocycles. The van der Waals surface area contributed by atoms with E-state index >= 15 is 0 Å². The molecule has 0 spiro atoms. The third-order valence-corrected chi connectivity index (χ3v) is 6.13. The molecular formula is C21H23FN4O3S. The maximum Gasteiger partial charge on any atom is 0.242 e. The third kappa shape index (κ3) is 4.99. The number of hydrogen-bond acceptors (Lipinski definition) is 5. The summed E-state index contributed by atoms with van der Waals surface area (Å²) >= 11 is 0. The van der Waals surface area contributed by atoms with Gasteiger partial charge in [-0.15, -0.1) is 0 Å². The van der Waals surface area contributed by atoms with Crippen molar-refractivity contribution in [2.45, 2.75) is 37.8 Å². The van der Waals surface area contributed by atoms with Crippen molar-refractivity contribution in [3.63, 3.8) is 0 Å². The number of nitrogens with zero attached hydrogens (tertiary/aromatic N) is 1.